The Kier molecular flexibility index (Phi) is 5.09. The third-order valence-corrected chi connectivity index (χ3v) is 4.84. The van der Waals surface area contributed by atoms with Gasteiger partial charge in [-0.05, 0) is 18.6 Å². The molecule has 1 saturated heterocycles. The van der Waals surface area contributed by atoms with E-state index >= 15 is 0 Å². The predicted octanol–water partition coefficient (Wildman–Crippen LogP) is 2.27. The SMILES string of the molecule is COCc1nc(CNCC2CCCS2)cs1. The van der Waals surface area contributed by atoms with Crippen molar-refractivity contribution in [2.45, 2.75) is 31.2 Å². The van der Waals surface area contributed by atoms with E-state index in [4.69, 9.17) is 4.74 Å². The van der Waals surface area contributed by atoms with Crippen LogP contribution in [0.1, 0.15) is 23.5 Å². The van der Waals surface area contributed by atoms with E-state index in [0.29, 0.717) is 6.61 Å². The van der Waals surface area contributed by atoms with Crippen LogP contribution >= 0.6 is 23.1 Å². The van der Waals surface area contributed by atoms with Crippen LogP contribution in [0.5, 0.6) is 0 Å². The van der Waals surface area contributed by atoms with Gasteiger partial charge in [0.25, 0.3) is 0 Å². The molecule has 0 bridgehead atoms. The van der Waals surface area contributed by atoms with Crippen LogP contribution in [0.3, 0.4) is 0 Å². The average molecular weight is 258 g/mol. The normalized spacial score (nSPS) is 20.4. The maximum absolute atomic E-state index is 5.05. The van der Waals surface area contributed by atoms with Crippen LogP contribution in [-0.4, -0.2) is 29.6 Å². The molecule has 1 aromatic heterocycles. The molecule has 5 heteroatoms. The highest BCUT2D eigenvalue weighted by Crippen LogP contribution is 2.25. The van der Waals surface area contributed by atoms with E-state index in [0.717, 1.165) is 29.0 Å². The van der Waals surface area contributed by atoms with Crippen LogP contribution in [0.25, 0.3) is 0 Å². The van der Waals surface area contributed by atoms with Gasteiger partial charge in [0, 0.05) is 30.8 Å². The van der Waals surface area contributed by atoms with Crippen molar-refractivity contribution in [3.63, 3.8) is 0 Å². The zero-order valence-electron chi connectivity index (χ0n) is 9.57. The van der Waals surface area contributed by atoms with E-state index in [9.17, 15) is 0 Å². The number of nitrogens with one attached hydrogen (secondary N) is 1. The third kappa shape index (κ3) is 3.73. The van der Waals surface area contributed by atoms with E-state index in [-0.39, 0.29) is 0 Å². The van der Waals surface area contributed by atoms with Crippen LogP contribution in [0.4, 0.5) is 0 Å². The van der Waals surface area contributed by atoms with Gasteiger partial charge in [0.2, 0.25) is 0 Å². The first kappa shape index (κ1) is 12.4. The summed E-state index contributed by atoms with van der Waals surface area (Å²) in [6.07, 6.45) is 2.75. The molecule has 90 valence electrons. The lowest BCUT2D eigenvalue weighted by atomic mass is 10.2. The minimum Gasteiger partial charge on any atom is -0.378 e. The van der Waals surface area contributed by atoms with Crippen molar-refractivity contribution < 1.29 is 4.74 Å². The van der Waals surface area contributed by atoms with Gasteiger partial charge >= 0.3 is 0 Å². The van der Waals surface area contributed by atoms with Crippen LogP contribution < -0.4 is 5.32 Å². The lowest BCUT2D eigenvalue weighted by Gasteiger charge is -2.08. The molecule has 2 heterocycles. The van der Waals surface area contributed by atoms with E-state index in [1.54, 1.807) is 18.4 Å². The molecule has 0 spiro atoms. The number of thiazole rings is 1. The van der Waals surface area contributed by atoms with Gasteiger partial charge in [-0.1, -0.05) is 0 Å². The minimum atomic E-state index is 0.628. The molecule has 0 aliphatic carbocycles. The summed E-state index contributed by atoms with van der Waals surface area (Å²) in [5.74, 6) is 1.33. The second-order valence-corrected chi connectivity index (χ2v) is 6.28. The molecule has 0 aromatic carbocycles. The summed E-state index contributed by atoms with van der Waals surface area (Å²) >= 11 is 3.77. The minimum absolute atomic E-state index is 0.628. The molecule has 1 aliphatic rings. The van der Waals surface area contributed by atoms with Crippen LogP contribution in [0.15, 0.2) is 5.38 Å². The average Bonchev–Trinajstić information content (AvgIpc) is 2.90. The Morgan fingerprint density at radius 3 is 3.31 bits per heavy atom. The first-order valence-electron chi connectivity index (χ1n) is 5.63. The first-order valence-corrected chi connectivity index (χ1v) is 7.56. The fourth-order valence-corrected chi connectivity index (χ4v) is 3.79. The van der Waals surface area contributed by atoms with Gasteiger partial charge in [0.05, 0.1) is 12.3 Å². The molecule has 0 saturated carbocycles. The van der Waals surface area contributed by atoms with Crippen molar-refractivity contribution in [3.05, 3.63) is 16.1 Å². The van der Waals surface area contributed by atoms with Gasteiger partial charge in [-0.25, -0.2) is 4.98 Å². The van der Waals surface area contributed by atoms with Crippen LogP contribution in [0.2, 0.25) is 0 Å². The van der Waals surface area contributed by atoms with Gasteiger partial charge in [-0.3, -0.25) is 0 Å². The molecular weight excluding hydrogens is 240 g/mol. The van der Waals surface area contributed by atoms with Crippen molar-refractivity contribution in [1.82, 2.24) is 10.3 Å². The van der Waals surface area contributed by atoms with Gasteiger partial charge in [-0.2, -0.15) is 11.8 Å². The number of thioether (sulfide) groups is 1. The Labute approximate surface area is 105 Å². The van der Waals surface area contributed by atoms with Gasteiger partial charge in [-0.15, -0.1) is 11.3 Å². The van der Waals surface area contributed by atoms with Crippen LogP contribution in [-0.2, 0) is 17.9 Å². The van der Waals surface area contributed by atoms with E-state index in [2.05, 4.69) is 27.4 Å². The molecule has 0 amide bonds. The molecule has 1 fully saturated rings. The van der Waals surface area contributed by atoms with Gasteiger partial charge in [0.15, 0.2) is 0 Å². The number of ether oxygens (including phenoxy) is 1. The zero-order chi connectivity index (χ0) is 11.2. The second-order valence-electron chi connectivity index (χ2n) is 3.93. The quantitative estimate of drug-likeness (QED) is 0.849. The lowest BCUT2D eigenvalue weighted by Crippen LogP contribution is -2.22. The summed E-state index contributed by atoms with van der Waals surface area (Å²) < 4.78 is 5.05. The largest absolute Gasteiger partial charge is 0.378 e. The topological polar surface area (TPSA) is 34.1 Å². The Balaban J connectivity index is 1.67. The molecule has 1 N–H and O–H groups in total. The number of hydrogen-bond acceptors (Lipinski definition) is 5. The monoisotopic (exact) mass is 258 g/mol. The van der Waals surface area contributed by atoms with Crippen molar-refractivity contribution in [1.29, 1.82) is 0 Å². The van der Waals surface area contributed by atoms with Gasteiger partial charge in [0.1, 0.15) is 5.01 Å². The number of aromatic nitrogens is 1. The molecular formula is C11H18N2OS2. The fourth-order valence-electron chi connectivity index (χ4n) is 1.79. The standard InChI is InChI=1S/C11H18N2OS2/c1-14-7-11-13-9(8-16-11)5-12-6-10-3-2-4-15-10/h8,10,12H,2-7H2,1H3. The zero-order valence-corrected chi connectivity index (χ0v) is 11.2. The third-order valence-electron chi connectivity index (χ3n) is 2.57. The molecule has 3 nitrogen and oxygen atoms in total. The highest BCUT2D eigenvalue weighted by molar-refractivity contribution is 8.00. The summed E-state index contributed by atoms with van der Waals surface area (Å²) in [6, 6.07) is 0. The van der Waals surface area contributed by atoms with Crippen molar-refractivity contribution >= 4 is 23.1 Å². The maximum Gasteiger partial charge on any atom is 0.119 e. The number of hydrogen-bond donors (Lipinski definition) is 1. The van der Waals surface area contributed by atoms with Crippen molar-refractivity contribution in [2.24, 2.45) is 0 Å². The Morgan fingerprint density at radius 2 is 2.56 bits per heavy atom. The van der Waals surface area contributed by atoms with E-state index < -0.39 is 0 Å². The number of rotatable bonds is 6. The molecule has 1 aromatic rings. The smallest absolute Gasteiger partial charge is 0.119 e. The highest BCUT2D eigenvalue weighted by Gasteiger charge is 2.14. The van der Waals surface area contributed by atoms with Crippen LogP contribution in [0, 0.1) is 0 Å². The Hall–Kier alpha value is -0.100. The first-order chi connectivity index (χ1) is 7.88. The molecule has 0 radical (unpaired) electrons. The van der Waals surface area contributed by atoms with Gasteiger partial charge < -0.3 is 10.1 Å². The summed E-state index contributed by atoms with van der Waals surface area (Å²) in [5, 5.41) is 7.48. The summed E-state index contributed by atoms with van der Waals surface area (Å²) in [5.41, 5.74) is 1.14. The summed E-state index contributed by atoms with van der Waals surface area (Å²) in [6.45, 7) is 2.63. The fraction of sp³-hybridized carbons (Fsp3) is 0.727. The number of methoxy groups -OCH3 is 1. The lowest BCUT2D eigenvalue weighted by molar-refractivity contribution is 0.184. The van der Waals surface area contributed by atoms with E-state index in [1.165, 1.54) is 18.6 Å². The Morgan fingerprint density at radius 1 is 1.62 bits per heavy atom. The summed E-state index contributed by atoms with van der Waals surface area (Å²) in [7, 11) is 1.70. The van der Waals surface area contributed by atoms with Crippen molar-refractivity contribution in [3.8, 4) is 0 Å². The molecule has 1 unspecified atom stereocenters. The molecule has 1 aliphatic heterocycles. The molecule has 1 atom stereocenters. The highest BCUT2D eigenvalue weighted by atomic mass is 32.2. The second kappa shape index (κ2) is 6.59. The maximum atomic E-state index is 5.05. The van der Waals surface area contributed by atoms with Crippen molar-refractivity contribution in [2.75, 3.05) is 19.4 Å². The number of nitrogens with zero attached hydrogens (tertiary/aromatic N) is 1. The Bertz CT molecular complexity index is 311. The molecule has 2 rings (SSSR count). The summed E-state index contributed by atoms with van der Waals surface area (Å²) in [4.78, 5) is 4.49. The van der Waals surface area contributed by atoms with E-state index in [1.807, 2.05) is 0 Å². The molecule has 16 heavy (non-hydrogen) atoms. The predicted molar refractivity (Wildman–Crippen MR) is 70.0 cm³/mol.